The van der Waals surface area contributed by atoms with Crippen LogP contribution in [-0.2, 0) is 7.05 Å². The molecule has 2 aromatic heterocycles. The standard InChI is InChI=1S/C11H12FN3O/c1-7-9(5-14-15(7)2)11(16)8-3-4-13-6-10(8)12/h3-6,11,16H,1-2H3. The first-order valence-corrected chi connectivity index (χ1v) is 4.87. The van der Waals surface area contributed by atoms with Gasteiger partial charge in [-0.15, -0.1) is 0 Å². The molecule has 1 atom stereocenters. The van der Waals surface area contributed by atoms with E-state index in [0.29, 0.717) is 5.56 Å². The number of aryl methyl sites for hydroxylation is 1. The molecule has 1 unspecified atom stereocenters. The van der Waals surface area contributed by atoms with Crippen molar-refractivity contribution in [3.63, 3.8) is 0 Å². The quantitative estimate of drug-likeness (QED) is 0.832. The van der Waals surface area contributed by atoms with E-state index in [0.717, 1.165) is 11.9 Å². The monoisotopic (exact) mass is 221 g/mol. The number of aliphatic hydroxyl groups excluding tert-OH is 1. The molecule has 0 radical (unpaired) electrons. The van der Waals surface area contributed by atoms with E-state index in [2.05, 4.69) is 10.1 Å². The van der Waals surface area contributed by atoms with E-state index in [-0.39, 0.29) is 5.56 Å². The van der Waals surface area contributed by atoms with Crippen molar-refractivity contribution in [2.75, 3.05) is 0 Å². The Labute approximate surface area is 92.4 Å². The third-order valence-electron chi connectivity index (χ3n) is 2.67. The number of hydrogen-bond donors (Lipinski definition) is 1. The molecule has 5 heteroatoms. The van der Waals surface area contributed by atoms with Gasteiger partial charge in [0, 0.05) is 30.1 Å². The topological polar surface area (TPSA) is 50.9 Å². The first-order chi connectivity index (χ1) is 7.61. The van der Waals surface area contributed by atoms with E-state index in [1.54, 1.807) is 17.9 Å². The fourth-order valence-corrected chi connectivity index (χ4v) is 1.56. The lowest BCUT2D eigenvalue weighted by Crippen LogP contribution is -2.04. The van der Waals surface area contributed by atoms with Crippen molar-refractivity contribution in [3.8, 4) is 0 Å². The molecule has 2 rings (SSSR count). The Morgan fingerprint density at radius 2 is 2.12 bits per heavy atom. The first-order valence-electron chi connectivity index (χ1n) is 4.87. The van der Waals surface area contributed by atoms with Gasteiger partial charge in [-0.1, -0.05) is 0 Å². The van der Waals surface area contributed by atoms with Gasteiger partial charge in [0.25, 0.3) is 0 Å². The van der Waals surface area contributed by atoms with Crippen molar-refractivity contribution in [2.45, 2.75) is 13.0 Å². The van der Waals surface area contributed by atoms with E-state index in [9.17, 15) is 9.50 Å². The largest absolute Gasteiger partial charge is 0.383 e. The zero-order chi connectivity index (χ0) is 11.7. The highest BCUT2D eigenvalue weighted by atomic mass is 19.1. The molecule has 0 aliphatic heterocycles. The van der Waals surface area contributed by atoms with Gasteiger partial charge < -0.3 is 5.11 Å². The van der Waals surface area contributed by atoms with Crippen LogP contribution in [0.15, 0.2) is 24.7 Å². The third-order valence-corrected chi connectivity index (χ3v) is 2.67. The second kappa shape index (κ2) is 4.02. The summed E-state index contributed by atoms with van der Waals surface area (Å²) >= 11 is 0. The maximum Gasteiger partial charge on any atom is 0.147 e. The SMILES string of the molecule is Cc1c(C(O)c2ccncc2F)cnn1C. The Hall–Kier alpha value is -1.75. The van der Waals surface area contributed by atoms with Crippen LogP contribution < -0.4 is 0 Å². The second-order valence-corrected chi connectivity index (χ2v) is 3.61. The Bertz CT molecular complexity index is 510. The number of halogens is 1. The van der Waals surface area contributed by atoms with Crippen molar-refractivity contribution >= 4 is 0 Å². The molecule has 0 amide bonds. The molecule has 0 aliphatic carbocycles. The smallest absolute Gasteiger partial charge is 0.147 e. The number of nitrogens with zero attached hydrogens (tertiary/aromatic N) is 3. The summed E-state index contributed by atoms with van der Waals surface area (Å²) < 4.78 is 15.1. The Morgan fingerprint density at radius 1 is 1.38 bits per heavy atom. The summed E-state index contributed by atoms with van der Waals surface area (Å²) in [4.78, 5) is 3.64. The summed E-state index contributed by atoms with van der Waals surface area (Å²) in [5, 5.41) is 14.1. The molecule has 0 fully saturated rings. The van der Waals surface area contributed by atoms with E-state index in [4.69, 9.17) is 0 Å². The summed E-state index contributed by atoms with van der Waals surface area (Å²) in [5.41, 5.74) is 1.63. The van der Waals surface area contributed by atoms with Crippen molar-refractivity contribution in [3.05, 3.63) is 47.3 Å². The number of hydrogen-bond acceptors (Lipinski definition) is 3. The fraction of sp³-hybridized carbons (Fsp3) is 0.273. The van der Waals surface area contributed by atoms with Crippen LogP contribution in [0, 0.1) is 12.7 Å². The number of pyridine rings is 1. The molecule has 16 heavy (non-hydrogen) atoms. The summed E-state index contributed by atoms with van der Waals surface area (Å²) in [6.45, 7) is 1.82. The lowest BCUT2D eigenvalue weighted by Gasteiger charge is -2.11. The van der Waals surface area contributed by atoms with Crippen LogP contribution in [-0.4, -0.2) is 19.9 Å². The molecule has 0 aromatic carbocycles. The normalized spacial score (nSPS) is 12.8. The van der Waals surface area contributed by atoms with Crippen molar-refractivity contribution < 1.29 is 9.50 Å². The number of aromatic nitrogens is 3. The van der Waals surface area contributed by atoms with Crippen LogP contribution in [0.5, 0.6) is 0 Å². The second-order valence-electron chi connectivity index (χ2n) is 3.61. The molecule has 4 nitrogen and oxygen atoms in total. The van der Waals surface area contributed by atoms with E-state index >= 15 is 0 Å². The molecule has 0 bridgehead atoms. The first kappa shape index (κ1) is 10.8. The van der Waals surface area contributed by atoms with Crippen LogP contribution in [0.25, 0.3) is 0 Å². The Morgan fingerprint density at radius 3 is 2.69 bits per heavy atom. The Kier molecular flexibility index (Phi) is 2.70. The highest BCUT2D eigenvalue weighted by molar-refractivity contribution is 5.30. The van der Waals surface area contributed by atoms with Gasteiger partial charge in [-0.25, -0.2) is 4.39 Å². The van der Waals surface area contributed by atoms with Crippen LogP contribution in [0.2, 0.25) is 0 Å². The van der Waals surface area contributed by atoms with E-state index < -0.39 is 11.9 Å². The average Bonchev–Trinajstić information content (AvgIpc) is 2.60. The predicted octanol–water partition coefficient (Wildman–Crippen LogP) is 1.34. The molecule has 0 spiro atoms. The van der Waals surface area contributed by atoms with Crippen LogP contribution in [0.4, 0.5) is 4.39 Å². The highest BCUT2D eigenvalue weighted by Gasteiger charge is 2.18. The van der Waals surface area contributed by atoms with Gasteiger partial charge in [0.05, 0.1) is 12.4 Å². The summed E-state index contributed by atoms with van der Waals surface area (Å²) in [6.07, 6.45) is 3.08. The predicted molar refractivity (Wildman–Crippen MR) is 56.2 cm³/mol. The highest BCUT2D eigenvalue weighted by Crippen LogP contribution is 2.25. The molecule has 84 valence electrons. The maximum absolute atomic E-state index is 13.4. The fourth-order valence-electron chi connectivity index (χ4n) is 1.56. The number of rotatable bonds is 2. The number of aliphatic hydroxyl groups is 1. The Balaban J connectivity index is 2.43. The average molecular weight is 221 g/mol. The lowest BCUT2D eigenvalue weighted by atomic mass is 10.0. The van der Waals surface area contributed by atoms with Gasteiger partial charge in [0.2, 0.25) is 0 Å². The van der Waals surface area contributed by atoms with Crippen LogP contribution >= 0.6 is 0 Å². The van der Waals surface area contributed by atoms with Gasteiger partial charge in [-0.05, 0) is 13.0 Å². The minimum Gasteiger partial charge on any atom is -0.383 e. The molecule has 1 N–H and O–H groups in total. The molecular formula is C11H12FN3O. The van der Waals surface area contributed by atoms with E-state index in [1.807, 2.05) is 6.92 Å². The van der Waals surface area contributed by atoms with Gasteiger partial charge >= 0.3 is 0 Å². The maximum atomic E-state index is 13.4. The van der Waals surface area contributed by atoms with Gasteiger partial charge in [0.1, 0.15) is 11.9 Å². The van der Waals surface area contributed by atoms with Gasteiger partial charge in [-0.2, -0.15) is 5.10 Å². The molecular weight excluding hydrogens is 209 g/mol. The summed E-state index contributed by atoms with van der Waals surface area (Å²) in [5.74, 6) is -0.516. The van der Waals surface area contributed by atoms with Crippen molar-refractivity contribution in [2.24, 2.45) is 7.05 Å². The lowest BCUT2D eigenvalue weighted by molar-refractivity contribution is 0.214. The summed E-state index contributed by atoms with van der Waals surface area (Å²) in [7, 11) is 1.77. The zero-order valence-corrected chi connectivity index (χ0v) is 9.05. The van der Waals surface area contributed by atoms with Crippen molar-refractivity contribution in [1.29, 1.82) is 0 Å². The molecule has 0 aliphatic rings. The zero-order valence-electron chi connectivity index (χ0n) is 9.05. The van der Waals surface area contributed by atoms with Crippen LogP contribution in [0.3, 0.4) is 0 Å². The third kappa shape index (κ3) is 1.69. The molecule has 2 aromatic rings. The van der Waals surface area contributed by atoms with Crippen LogP contribution in [0.1, 0.15) is 22.9 Å². The minimum absolute atomic E-state index is 0.214. The van der Waals surface area contributed by atoms with Gasteiger partial charge in [0.15, 0.2) is 0 Å². The van der Waals surface area contributed by atoms with E-state index in [1.165, 1.54) is 12.3 Å². The summed E-state index contributed by atoms with van der Waals surface area (Å²) in [6, 6.07) is 1.46. The van der Waals surface area contributed by atoms with Crippen molar-refractivity contribution in [1.82, 2.24) is 14.8 Å². The molecule has 0 saturated heterocycles. The minimum atomic E-state index is -1.00. The molecule has 2 heterocycles. The van der Waals surface area contributed by atoms with Gasteiger partial charge in [-0.3, -0.25) is 9.67 Å². The molecule has 0 saturated carbocycles.